The predicted octanol–water partition coefficient (Wildman–Crippen LogP) is 2.07. The van der Waals surface area contributed by atoms with Gasteiger partial charge in [0.15, 0.2) is 5.60 Å². The number of hydrogen-bond donors (Lipinski definition) is 4. The first-order valence-electron chi connectivity index (χ1n) is 10.5. The lowest BCUT2D eigenvalue weighted by atomic mass is 9.89. The van der Waals surface area contributed by atoms with Crippen LogP contribution in [-0.4, -0.2) is 68.5 Å². The van der Waals surface area contributed by atoms with E-state index in [0.29, 0.717) is 24.2 Å². The maximum Gasteiger partial charge on any atom is 0.336 e. The van der Waals surface area contributed by atoms with Gasteiger partial charge < -0.3 is 30.1 Å². The Morgan fingerprint density at radius 2 is 1.76 bits per heavy atom. The van der Waals surface area contributed by atoms with E-state index in [-0.39, 0.29) is 6.54 Å². The first-order chi connectivity index (χ1) is 15.6. The number of methoxy groups -OCH3 is 1. The average molecular weight is 457 g/mol. The van der Waals surface area contributed by atoms with Gasteiger partial charge in [0, 0.05) is 6.54 Å². The summed E-state index contributed by atoms with van der Waals surface area (Å²) in [4.78, 5) is 36.8. The summed E-state index contributed by atoms with van der Waals surface area (Å²) in [5.41, 5.74) is -0.244. The van der Waals surface area contributed by atoms with Gasteiger partial charge in [-0.05, 0) is 41.7 Å². The Morgan fingerprint density at radius 3 is 2.36 bits per heavy atom. The zero-order valence-electron chi connectivity index (χ0n) is 18.2. The standard InChI is InChI=1S/C24H27NO8/c1-33-18-5-2-4-17(12-18)15-7-9-16(10-8-15)22-19(26)6-3-11-25(22)20(27)13-24(32,23(30)31)14-21(28)29/h2,4-5,7-10,12,19,22,26,32H,3,6,11,13-14H2,1H3,(H,28,29)(H,30,31). The Kier molecular flexibility index (Phi) is 7.35. The number of ether oxygens (including phenoxy) is 1. The number of carbonyl (C=O) groups excluding carboxylic acids is 1. The maximum atomic E-state index is 13.0. The van der Waals surface area contributed by atoms with E-state index in [1.807, 2.05) is 36.4 Å². The Bertz CT molecular complexity index is 1020. The van der Waals surface area contributed by atoms with Crippen molar-refractivity contribution in [1.29, 1.82) is 0 Å². The molecule has 0 aromatic heterocycles. The molecule has 1 heterocycles. The molecule has 0 saturated carbocycles. The topological polar surface area (TPSA) is 145 Å². The van der Waals surface area contributed by atoms with Crippen molar-refractivity contribution in [2.24, 2.45) is 0 Å². The number of rotatable bonds is 8. The molecule has 0 aliphatic carbocycles. The molecule has 0 spiro atoms. The molecule has 3 rings (SSSR count). The van der Waals surface area contributed by atoms with Gasteiger partial charge in [-0.15, -0.1) is 0 Å². The molecule has 1 fully saturated rings. The number of aliphatic hydroxyl groups excluding tert-OH is 1. The van der Waals surface area contributed by atoms with E-state index >= 15 is 0 Å². The van der Waals surface area contributed by atoms with Crippen LogP contribution in [0, 0.1) is 0 Å². The van der Waals surface area contributed by atoms with Crippen LogP contribution in [0.25, 0.3) is 11.1 Å². The number of nitrogens with zero attached hydrogens (tertiary/aromatic N) is 1. The van der Waals surface area contributed by atoms with E-state index in [1.54, 1.807) is 19.2 Å². The van der Waals surface area contributed by atoms with Gasteiger partial charge in [0.2, 0.25) is 5.91 Å². The zero-order valence-corrected chi connectivity index (χ0v) is 18.2. The molecule has 1 aliphatic heterocycles. The van der Waals surface area contributed by atoms with Gasteiger partial charge in [0.05, 0.1) is 32.1 Å². The molecule has 9 heteroatoms. The fourth-order valence-electron chi connectivity index (χ4n) is 4.15. The molecule has 2 aromatic rings. The third-order valence-corrected chi connectivity index (χ3v) is 5.86. The van der Waals surface area contributed by atoms with Crippen LogP contribution in [-0.2, 0) is 14.4 Å². The van der Waals surface area contributed by atoms with Gasteiger partial charge in [0.25, 0.3) is 0 Å². The predicted molar refractivity (Wildman–Crippen MR) is 118 cm³/mol. The highest BCUT2D eigenvalue weighted by molar-refractivity contribution is 5.90. The minimum atomic E-state index is -2.73. The number of likely N-dealkylation sites (tertiary alicyclic amines) is 1. The summed E-state index contributed by atoms with van der Waals surface area (Å²) < 4.78 is 5.25. The Hall–Kier alpha value is -3.43. The third kappa shape index (κ3) is 5.50. The van der Waals surface area contributed by atoms with Crippen LogP contribution in [0.5, 0.6) is 5.75 Å². The number of aliphatic carboxylic acids is 2. The number of hydrogen-bond acceptors (Lipinski definition) is 6. The van der Waals surface area contributed by atoms with Crippen LogP contribution in [0.4, 0.5) is 0 Å². The van der Waals surface area contributed by atoms with Crippen molar-refractivity contribution in [2.45, 2.75) is 43.4 Å². The van der Waals surface area contributed by atoms with E-state index < -0.39 is 48.4 Å². The lowest BCUT2D eigenvalue weighted by molar-refractivity contribution is -0.170. The van der Waals surface area contributed by atoms with Gasteiger partial charge in [-0.3, -0.25) is 9.59 Å². The van der Waals surface area contributed by atoms with Crippen molar-refractivity contribution in [3.63, 3.8) is 0 Å². The monoisotopic (exact) mass is 457 g/mol. The summed E-state index contributed by atoms with van der Waals surface area (Å²) in [5, 5.41) is 39.2. The molecule has 9 nitrogen and oxygen atoms in total. The summed E-state index contributed by atoms with van der Waals surface area (Å²) in [7, 11) is 1.58. The number of carboxylic acids is 2. The molecule has 33 heavy (non-hydrogen) atoms. The van der Waals surface area contributed by atoms with Crippen molar-refractivity contribution in [3.8, 4) is 16.9 Å². The number of aliphatic hydroxyl groups is 2. The van der Waals surface area contributed by atoms with E-state index in [0.717, 1.165) is 11.1 Å². The Morgan fingerprint density at radius 1 is 1.06 bits per heavy atom. The second-order valence-corrected chi connectivity index (χ2v) is 8.18. The minimum Gasteiger partial charge on any atom is -0.497 e. The van der Waals surface area contributed by atoms with Crippen molar-refractivity contribution < 1.29 is 39.5 Å². The molecular formula is C24H27NO8. The highest BCUT2D eigenvalue weighted by Crippen LogP contribution is 2.34. The number of carboxylic acid groups (broad SMARTS) is 2. The molecular weight excluding hydrogens is 430 g/mol. The number of piperidine rings is 1. The quantitative estimate of drug-likeness (QED) is 0.471. The molecule has 3 unspecified atom stereocenters. The molecule has 1 amide bonds. The van der Waals surface area contributed by atoms with Crippen LogP contribution in [0.3, 0.4) is 0 Å². The van der Waals surface area contributed by atoms with E-state index in [2.05, 4.69) is 0 Å². The first-order valence-corrected chi connectivity index (χ1v) is 10.5. The van der Waals surface area contributed by atoms with Gasteiger partial charge in [-0.25, -0.2) is 4.79 Å². The molecule has 2 aromatic carbocycles. The van der Waals surface area contributed by atoms with E-state index in [9.17, 15) is 29.7 Å². The van der Waals surface area contributed by atoms with Gasteiger partial charge >= 0.3 is 11.9 Å². The normalized spacial score (nSPS) is 20.0. The van der Waals surface area contributed by atoms with Crippen molar-refractivity contribution >= 4 is 17.8 Å². The van der Waals surface area contributed by atoms with Crippen molar-refractivity contribution in [3.05, 3.63) is 54.1 Å². The van der Waals surface area contributed by atoms with Crippen LogP contribution in [0.1, 0.15) is 37.3 Å². The fraction of sp³-hybridized carbons (Fsp3) is 0.375. The van der Waals surface area contributed by atoms with Gasteiger partial charge in [-0.2, -0.15) is 0 Å². The summed E-state index contributed by atoms with van der Waals surface area (Å²) in [5.74, 6) is -3.34. The van der Waals surface area contributed by atoms with Crippen molar-refractivity contribution in [1.82, 2.24) is 4.90 Å². The van der Waals surface area contributed by atoms with Gasteiger partial charge in [-0.1, -0.05) is 36.4 Å². The SMILES string of the molecule is COc1cccc(-c2ccc(C3C(O)CCCN3C(=O)CC(O)(CC(=O)O)C(=O)O)cc2)c1. The first kappa shape index (κ1) is 24.2. The van der Waals surface area contributed by atoms with Crippen LogP contribution in [0.2, 0.25) is 0 Å². The van der Waals surface area contributed by atoms with Crippen molar-refractivity contribution in [2.75, 3.05) is 13.7 Å². The maximum absolute atomic E-state index is 13.0. The van der Waals surface area contributed by atoms with Crippen LogP contribution in [0.15, 0.2) is 48.5 Å². The second kappa shape index (κ2) is 10.0. The molecule has 1 saturated heterocycles. The molecule has 1 aliphatic rings. The summed E-state index contributed by atoms with van der Waals surface area (Å²) in [6.45, 7) is 0.251. The lowest BCUT2D eigenvalue weighted by Gasteiger charge is -2.40. The lowest BCUT2D eigenvalue weighted by Crippen LogP contribution is -2.50. The van der Waals surface area contributed by atoms with Gasteiger partial charge in [0.1, 0.15) is 5.75 Å². The fourth-order valence-corrected chi connectivity index (χ4v) is 4.15. The second-order valence-electron chi connectivity index (χ2n) is 8.18. The minimum absolute atomic E-state index is 0.251. The molecule has 4 N–H and O–H groups in total. The number of carbonyl (C=O) groups is 3. The summed E-state index contributed by atoms with van der Waals surface area (Å²) >= 11 is 0. The Balaban J connectivity index is 1.86. The van der Waals surface area contributed by atoms with Crippen LogP contribution < -0.4 is 4.74 Å². The molecule has 176 valence electrons. The summed E-state index contributed by atoms with van der Waals surface area (Å²) in [6.07, 6.45) is -1.95. The average Bonchev–Trinajstić information content (AvgIpc) is 2.78. The molecule has 3 atom stereocenters. The van der Waals surface area contributed by atoms with Crippen LogP contribution >= 0.6 is 0 Å². The van der Waals surface area contributed by atoms with E-state index in [4.69, 9.17) is 9.84 Å². The highest BCUT2D eigenvalue weighted by atomic mass is 16.5. The number of amides is 1. The molecule has 0 radical (unpaired) electrons. The smallest absolute Gasteiger partial charge is 0.336 e. The number of benzene rings is 2. The largest absolute Gasteiger partial charge is 0.497 e. The molecule has 0 bridgehead atoms. The Labute approximate surface area is 190 Å². The van der Waals surface area contributed by atoms with E-state index in [1.165, 1.54) is 4.90 Å². The highest BCUT2D eigenvalue weighted by Gasteiger charge is 2.44. The third-order valence-electron chi connectivity index (χ3n) is 5.86. The summed E-state index contributed by atoms with van der Waals surface area (Å²) in [6, 6.07) is 14.1. The zero-order chi connectivity index (χ0) is 24.2.